The van der Waals surface area contributed by atoms with Gasteiger partial charge in [0.25, 0.3) is 0 Å². The van der Waals surface area contributed by atoms with Crippen molar-refractivity contribution in [2.75, 3.05) is 0 Å². The number of nitrogens with zero attached hydrogens (tertiary/aromatic N) is 2. The van der Waals surface area contributed by atoms with Crippen LogP contribution >= 0.6 is 0 Å². The Bertz CT molecular complexity index is 664. The molecule has 0 spiro atoms. The van der Waals surface area contributed by atoms with Crippen LogP contribution in [0.4, 0.5) is 0 Å². The molecule has 0 radical (unpaired) electrons. The Morgan fingerprint density at radius 2 is 1.83 bits per heavy atom. The minimum atomic E-state index is -0.222. The zero-order valence-corrected chi connectivity index (χ0v) is 14.5. The number of rotatable bonds is 4. The van der Waals surface area contributed by atoms with E-state index in [1.807, 2.05) is 37.3 Å². The molecule has 124 valence electrons. The number of ether oxygens (including phenoxy) is 1. The fourth-order valence-corrected chi connectivity index (χ4v) is 3.30. The molecule has 0 amide bonds. The third kappa shape index (κ3) is 3.46. The molecule has 1 aliphatic rings. The Balaban J connectivity index is 1.72. The van der Waals surface area contributed by atoms with Gasteiger partial charge in [0.1, 0.15) is 0 Å². The molecular weight excluding hydrogens is 290 g/mol. The first-order chi connectivity index (χ1) is 10.8. The van der Waals surface area contributed by atoms with Gasteiger partial charge in [-0.25, -0.2) is 0 Å². The van der Waals surface area contributed by atoms with E-state index >= 15 is 0 Å². The molecule has 23 heavy (non-hydrogen) atoms. The van der Waals surface area contributed by atoms with Gasteiger partial charge in [0.15, 0.2) is 0 Å². The molecule has 1 saturated heterocycles. The highest BCUT2D eigenvalue weighted by Crippen LogP contribution is 2.38. The zero-order chi connectivity index (χ0) is 16.7. The minimum absolute atomic E-state index is 0.0262. The van der Waals surface area contributed by atoms with Crippen LogP contribution in [0.1, 0.15) is 53.0 Å². The van der Waals surface area contributed by atoms with Gasteiger partial charge < -0.3 is 14.5 Å². The van der Waals surface area contributed by atoms with Gasteiger partial charge >= 0.3 is 0 Å². The van der Waals surface area contributed by atoms with Crippen molar-refractivity contribution in [2.45, 2.75) is 64.3 Å². The van der Waals surface area contributed by atoms with Gasteiger partial charge in [0.05, 0.1) is 17.2 Å². The van der Waals surface area contributed by atoms with E-state index in [0.717, 1.165) is 12.0 Å². The van der Waals surface area contributed by atoms with Crippen molar-refractivity contribution in [3.05, 3.63) is 36.2 Å². The predicted octanol–water partition coefficient (Wildman–Crippen LogP) is 3.73. The maximum atomic E-state index is 6.13. The first kappa shape index (κ1) is 16.1. The largest absolute Gasteiger partial charge is 0.419 e. The molecule has 1 fully saturated rings. The maximum Gasteiger partial charge on any atom is 0.247 e. The molecule has 0 saturated carbocycles. The average Bonchev–Trinajstić information content (AvgIpc) is 3.02. The third-order valence-electron chi connectivity index (χ3n) is 4.36. The van der Waals surface area contributed by atoms with Crippen LogP contribution in [0.25, 0.3) is 11.5 Å². The van der Waals surface area contributed by atoms with E-state index in [1.165, 1.54) is 0 Å². The van der Waals surface area contributed by atoms with Crippen LogP contribution in [0.3, 0.4) is 0 Å². The summed E-state index contributed by atoms with van der Waals surface area (Å²) >= 11 is 0. The van der Waals surface area contributed by atoms with Gasteiger partial charge in [-0.3, -0.25) is 0 Å². The van der Waals surface area contributed by atoms with Crippen molar-refractivity contribution in [3.63, 3.8) is 0 Å². The number of hydrogen-bond acceptors (Lipinski definition) is 5. The van der Waals surface area contributed by atoms with Crippen molar-refractivity contribution < 1.29 is 9.15 Å². The predicted molar refractivity (Wildman–Crippen MR) is 88.9 cm³/mol. The molecule has 5 heteroatoms. The minimum Gasteiger partial charge on any atom is -0.419 e. The molecule has 1 N–H and O–H groups in total. The van der Waals surface area contributed by atoms with E-state index in [4.69, 9.17) is 9.15 Å². The molecule has 2 heterocycles. The first-order valence-electron chi connectivity index (χ1n) is 8.12. The van der Waals surface area contributed by atoms with Crippen molar-refractivity contribution in [2.24, 2.45) is 0 Å². The highest BCUT2D eigenvalue weighted by Gasteiger charge is 2.46. The third-order valence-corrected chi connectivity index (χ3v) is 4.36. The molecule has 3 rings (SSSR count). The van der Waals surface area contributed by atoms with E-state index < -0.39 is 0 Å². The van der Waals surface area contributed by atoms with Crippen LogP contribution in [0, 0.1) is 0 Å². The quantitative estimate of drug-likeness (QED) is 0.931. The van der Waals surface area contributed by atoms with Gasteiger partial charge in [-0.05, 0) is 53.2 Å². The molecule has 1 aliphatic heterocycles. The van der Waals surface area contributed by atoms with Gasteiger partial charge in [0, 0.05) is 11.6 Å². The summed E-state index contributed by atoms with van der Waals surface area (Å²) in [6.45, 7) is 10.5. The highest BCUT2D eigenvalue weighted by molar-refractivity contribution is 5.51. The normalized spacial score (nSPS) is 23.8. The molecule has 2 aromatic rings. The second kappa shape index (κ2) is 5.73. The van der Waals surface area contributed by atoms with Crippen LogP contribution in [0.15, 0.2) is 34.7 Å². The van der Waals surface area contributed by atoms with Crippen molar-refractivity contribution in [1.29, 1.82) is 0 Å². The molecular formula is C18H25N3O2. The molecule has 1 aromatic carbocycles. The van der Waals surface area contributed by atoms with Crippen molar-refractivity contribution in [3.8, 4) is 11.5 Å². The molecule has 1 aromatic heterocycles. The van der Waals surface area contributed by atoms with Crippen molar-refractivity contribution >= 4 is 0 Å². The summed E-state index contributed by atoms with van der Waals surface area (Å²) in [6, 6.07) is 10.0. The number of aromatic nitrogens is 2. The summed E-state index contributed by atoms with van der Waals surface area (Å²) in [4.78, 5) is 0. The van der Waals surface area contributed by atoms with Gasteiger partial charge in [-0.1, -0.05) is 18.2 Å². The van der Waals surface area contributed by atoms with Crippen molar-refractivity contribution in [1.82, 2.24) is 15.5 Å². The van der Waals surface area contributed by atoms with E-state index in [0.29, 0.717) is 11.8 Å². The zero-order valence-electron chi connectivity index (χ0n) is 14.5. The fourth-order valence-electron chi connectivity index (χ4n) is 3.30. The summed E-state index contributed by atoms with van der Waals surface area (Å²) < 4.78 is 12.0. The van der Waals surface area contributed by atoms with Crippen LogP contribution < -0.4 is 5.32 Å². The lowest BCUT2D eigenvalue weighted by molar-refractivity contribution is -0.0705. The van der Waals surface area contributed by atoms with Crippen LogP contribution in [0.2, 0.25) is 0 Å². The summed E-state index contributed by atoms with van der Waals surface area (Å²) in [7, 11) is 0. The lowest BCUT2D eigenvalue weighted by Gasteiger charge is -2.29. The Kier molecular flexibility index (Phi) is 4.02. The SMILES string of the molecule is C[C@@H](N[C@@H]1CC(C)(C)OC1(C)C)c1nnc(-c2ccccc2)o1. The lowest BCUT2D eigenvalue weighted by Crippen LogP contribution is -2.44. The van der Waals surface area contributed by atoms with Crippen LogP contribution in [-0.4, -0.2) is 27.4 Å². The van der Waals surface area contributed by atoms with Gasteiger partial charge in [-0.15, -0.1) is 10.2 Å². The molecule has 0 unspecified atom stereocenters. The first-order valence-corrected chi connectivity index (χ1v) is 8.12. The number of hydrogen-bond donors (Lipinski definition) is 1. The molecule has 5 nitrogen and oxygen atoms in total. The Hall–Kier alpha value is -1.72. The maximum absolute atomic E-state index is 6.13. The second-order valence-electron chi connectivity index (χ2n) is 7.42. The topological polar surface area (TPSA) is 60.2 Å². The fraction of sp³-hybridized carbons (Fsp3) is 0.556. The Labute approximate surface area is 137 Å². The van der Waals surface area contributed by atoms with E-state index in [2.05, 4.69) is 43.2 Å². The number of benzene rings is 1. The van der Waals surface area contributed by atoms with E-state index in [9.17, 15) is 0 Å². The molecule has 2 atom stereocenters. The van der Waals surface area contributed by atoms with Gasteiger partial charge in [-0.2, -0.15) is 0 Å². The average molecular weight is 315 g/mol. The van der Waals surface area contributed by atoms with E-state index in [-0.39, 0.29) is 23.3 Å². The lowest BCUT2D eigenvalue weighted by atomic mass is 9.94. The van der Waals surface area contributed by atoms with Gasteiger partial charge in [0.2, 0.25) is 11.8 Å². The standard InChI is InChI=1S/C18H25N3O2/c1-12(19-14-11-17(2,3)23-18(14,4)5)15-20-21-16(22-15)13-9-7-6-8-10-13/h6-10,12,14,19H,11H2,1-5H3/t12-,14-/m1/s1. The summed E-state index contributed by atoms with van der Waals surface area (Å²) in [5, 5.41) is 11.9. The molecule has 0 bridgehead atoms. The monoisotopic (exact) mass is 315 g/mol. The smallest absolute Gasteiger partial charge is 0.247 e. The van der Waals surface area contributed by atoms with Crippen LogP contribution in [-0.2, 0) is 4.74 Å². The Morgan fingerprint density at radius 1 is 1.13 bits per heavy atom. The van der Waals surface area contributed by atoms with E-state index in [1.54, 1.807) is 0 Å². The van der Waals surface area contributed by atoms with Crippen LogP contribution in [0.5, 0.6) is 0 Å². The molecule has 0 aliphatic carbocycles. The highest BCUT2D eigenvalue weighted by atomic mass is 16.5. The second-order valence-corrected chi connectivity index (χ2v) is 7.42. The summed E-state index contributed by atoms with van der Waals surface area (Å²) in [5.41, 5.74) is 0.592. The summed E-state index contributed by atoms with van der Waals surface area (Å²) in [6.07, 6.45) is 0.948. The number of nitrogens with one attached hydrogen (secondary N) is 1. The summed E-state index contributed by atoms with van der Waals surface area (Å²) in [5.74, 6) is 1.15. The Morgan fingerprint density at radius 3 is 2.43 bits per heavy atom.